The van der Waals surface area contributed by atoms with Gasteiger partial charge in [0.15, 0.2) is 0 Å². The van der Waals surface area contributed by atoms with Crippen molar-refractivity contribution in [2.45, 2.75) is 0 Å². The van der Waals surface area contributed by atoms with E-state index in [9.17, 15) is 5.26 Å². The molecule has 1 heterocycles. The molecule has 96 valence electrons. The van der Waals surface area contributed by atoms with Crippen molar-refractivity contribution in [2.75, 3.05) is 18.1 Å². The van der Waals surface area contributed by atoms with Crippen LogP contribution < -0.4 is 16.4 Å². The van der Waals surface area contributed by atoms with Crippen LogP contribution in [-0.2, 0) is 7.05 Å². The number of anilines is 3. The van der Waals surface area contributed by atoms with Gasteiger partial charge in [0.1, 0.15) is 23.3 Å². The molecule has 0 unspecified atom stereocenters. The highest BCUT2D eigenvalue weighted by molar-refractivity contribution is 5.65. The van der Waals surface area contributed by atoms with E-state index >= 15 is 0 Å². The molecule has 0 radical (unpaired) electrons. The molecular formula is C14H15N5. The minimum absolute atomic E-state index is 0.475. The van der Waals surface area contributed by atoms with Crippen LogP contribution in [0.5, 0.6) is 0 Å². The summed E-state index contributed by atoms with van der Waals surface area (Å²) in [5.41, 5.74) is 7.29. The van der Waals surface area contributed by atoms with E-state index in [1.807, 2.05) is 30.3 Å². The third kappa shape index (κ3) is 2.43. The second kappa shape index (κ2) is 5.27. The van der Waals surface area contributed by atoms with Gasteiger partial charge in [-0.1, -0.05) is 18.2 Å². The second-order valence-electron chi connectivity index (χ2n) is 4.06. The zero-order chi connectivity index (χ0) is 13.8. The fourth-order valence-corrected chi connectivity index (χ4v) is 1.82. The zero-order valence-electron chi connectivity index (χ0n) is 10.9. The summed E-state index contributed by atoms with van der Waals surface area (Å²) < 4.78 is 1.74. The van der Waals surface area contributed by atoms with Gasteiger partial charge in [-0.25, -0.2) is 0 Å². The fraction of sp³-hybridized carbons (Fsp3) is 0.143. The molecule has 5 nitrogen and oxygen atoms in total. The van der Waals surface area contributed by atoms with Crippen LogP contribution in [0.15, 0.2) is 41.4 Å². The molecule has 2 aromatic rings. The second-order valence-corrected chi connectivity index (χ2v) is 4.06. The number of rotatable bonds is 2. The van der Waals surface area contributed by atoms with Gasteiger partial charge in [0.05, 0.1) is 5.36 Å². The standard InChI is InChI=1S/C14H15N5/c1-17-12-8-13(16)19(2)14(11(12)9-15)18-10-6-4-3-5-7-10/h3-8,18H,16H2,1-2H3. The Morgan fingerprint density at radius 1 is 1.32 bits per heavy atom. The van der Waals surface area contributed by atoms with Crippen molar-refractivity contribution in [3.63, 3.8) is 0 Å². The third-order valence-electron chi connectivity index (χ3n) is 2.89. The van der Waals surface area contributed by atoms with Gasteiger partial charge in [-0.15, -0.1) is 0 Å². The Labute approximate surface area is 111 Å². The number of nitriles is 1. The molecule has 0 aliphatic heterocycles. The molecule has 0 amide bonds. The van der Waals surface area contributed by atoms with Gasteiger partial charge in [-0.3, -0.25) is 4.99 Å². The topological polar surface area (TPSA) is 79.1 Å². The molecule has 1 aromatic carbocycles. The molecule has 1 aromatic heterocycles. The lowest BCUT2D eigenvalue weighted by molar-refractivity contribution is 0.916. The first-order valence-electron chi connectivity index (χ1n) is 5.82. The van der Waals surface area contributed by atoms with E-state index in [-0.39, 0.29) is 0 Å². The molecule has 0 bridgehead atoms. The van der Waals surface area contributed by atoms with Crippen molar-refractivity contribution in [3.05, 3.63) is 47.3 Å². The lowest BCUT2D eigenvalue weighted by Crippen LogP contribution is -2.18. The number of aromatic nitrogens is 1. The van der Waals surface area contributed by atoms with E-state index in [2.05, 4.69) is 16.4 Å². The van der Waals surface area contributed by atoms with E-state index in [0.29, 0.717) is 22.6 Å². The number of para-hydroxylation sites is 1. The van der Waals surface area contributed by atoms with Crippen molar-refractivity contribution in [1.82, 2.24) is 4.57 Å². The average molecular weight is 253 g/mol. The van der Waals surface area contributed by atoms with Crippen LogP contribution in [0.2, 0.25) is 0 Å². The smallest absolute Gasteiger partial charge is 0.132 e. The minimum Gasteiger partial charge on any atom is -0.385 e. The molecule has 2 rings (SSSR count). The fourth-order valence-electron chi connectivity index (χ4n) is 1.82. The number of benzene rings is 1. The molecule has 0 spiro atoms. The maximum atomic E-state index is 9.32. The monoisotopic (exact) mass is 253 g/mol. The first-order chi connectivity index (χ1) is 9.17. The number of nitrogens with zero attached hydrogens (tertiary/aromatic N) is 3. The number of pyridine rings is 1. The minimum atomic E-state index is 0.475. The highest BCUT2D eigenvalue weighted by Crippen LogP contribution is 2.19. The Morgan fingerprint density at radius 2 is 2.00 bits per heavy atom. The zero-order valence-corrected chi connectivity index (χ0v) is 10.9. The van der Waals surface area contributed by atoms with Crippen LogP contribution in [0.3, 0.4) is 0 Å². The van der Waals surface area contributed by atoms with Gasteiger partial charge < -0.3 is 15.6 Å². The molecule has 0 saturated heterocycles. The third-order valence-corrected chi connectivity index (χ3v) is 2.89. The maximum absolute atomic E-state index is 9.32. The Bertz CT molecular complexity index is 692. The lowest BCUT2D eigenvalue weighted by atomic mass is 10.2. The number of hydrogen-bond acceptors (Lipinski definition) is 4. The predicted molar refractivity (Wildman–Crippen MR) is 75.8 cm³/mol. The van der Waals surface area contributed by atoms with E-state index in [1.54, 1.807) is 24.7 Å². The Balaban J connectivity index is 2.63. The van der Waals surface area contributed by atoms with E-state index < -0.39 is 0 Å². The molecule has 0 fully saturated rings. The molecular weight excluding hydrogens is 238 g/mol. The summed E-state index contributed by atoms with van der Waals surface area (Å²) in [6.45, 7) is 0. The average Bonchev–Trinajstić information content (AvgIpc) is 2.44. The normalized spacial score (nSPS) is 11.1. The van der Waals surface area contributed by atoms with Gasteiger partial charge in [-0.05, 0) is 12.1 Å². The van der Waals surface area contributed by atoms with Gasteiger partial charge in [0.2, 0.25) is 0 Å². The number of nitrogens with one attached hydrogen (secondary N) is 1. The number of hydrogen-bond donors (Lipinski definition) is 2. The molecule has 19 heavy (non-hydrogen) atoms. The molecule has 5 heteroatoms. The largest absolute Gasteiger partial charge is 0.385 e. The van der Waals surface area contributed by atoms with E-state index in [0.717, 1.165) is 5.69 Å². The summed E-state index contributed by atoms with van der Waals surface area (Å²) in [5.74, 6) is 1.17. The van der Waals surface area contributed by atoms with Gasteiger partial charge in [0.25, 0.3) is 0 Å². The summed E-state index contributed by atoms with van der Waals surface area (Å²) >= 11 is 0. The maximum Gasteiger partial charge on any atom is 0.132 e. The molecule has 0 aliphatic rings. The van der Waals surface area contributed by atoms with E-state index in [1.165, 1.54) is 0 Å². The van der Waals surface area contributed by atoms with Crippen LogP contribution in [0.1, 0.15) is 5.56 Å². The summed E-state index contributed by atoms with van der Waals surface area (Å²) in [6, 6.07) is 13.5. The Hall–Kier alpha value is -2.74. The Morgan fingerprint density at radius 3 is 2.58 bits per heavy atom. The van der Waals surface area contributed by atoms with Crippen molar-refractivity contribution in [1.29, 1.82) is 5.26 Å². The molecule has 0 atom stereocenters. The van der Waals surface area contributed by atoms with Crippen molar-refractivity contribution in [3.8, 4) is 6.07 Å². The predicted octanol–water partition coefficient (Wildman–Crippen LogP) is 1.75. The summed E-state index contributed by atoms with van der Waals surface area (Å²) in [4.78, 5) is 4.09. The summed E-state index contributed by atoms with van der Waals surface area (Å²) in [5, 5.41) is 13.1. The summed E-state index contributed by atoms with van der Waals surface area (Å²) in [6.07, 6.45) is 0. The van der Waals surface area contributed by atoms with Crippen LogP contribution >= 0.6 is 0 Å². The van der Waals surface area contributed by atoms with E-state index in [4.69, 9.17) is 5.73 Å². The SMILES string of the molecule is CN=c1cc(N)n(C)c(Nc2ccccc2)c1C#N. The lowest BCUT2D eigenvalue weighted by Gasteiger charge is -2.15. The van der Waals surface area contributed by atoms with Crippen molar-refractivity contribution in [2.24, 2.45) is 12.0 Å². The van der Waals surface area contributed by atoms with Crippen LogP contribution in [0, 0.1) is 11.3 Å². The number of nitrogen functional groups attached to an aromatic ring is 1. The van der Waals surface area contributed by atoms with Crippen molar-refractivity contribution < 1.29 is 0 Å². The van der Waals surface area contributed by atoms with Crippen molar-refractivity contribution >= 4 is 17.3 Å². The quantitative estimate of drug-likeness (QED) is 0.855. The highest BCUT2D eigenvalue weighted by Gasteiger charge is 2.10. The molecule has 0 aliphatic carbocycles. The highest BCUT2D eigenvalue weighted by atomic mass is 15.1. The number of nitrogens with two attached hydrogens (primary N) is 1. The van der Waals surface area contributed by atoms with Crippen LogP contribution in [-0.4, -0.2) is 11.6 Å². The summed E-state index contributed by atoms with van der Waals surface area (Å²) in [7, 11) is 3.45. The van der Waals surface area contributed by atoms with Crippen LogP contribution in [0.25, 0.3) is 0 Å². The first kappa shape index (κ1) is 12.7. The van der Waals surface area contributed by atoms with Gasteiger partial charge in [0, 0.05) is 25.8 Å². The molecule has 3 N–H and O–H groups in total. The van der Waals surface area contributed by atoms with Gasteiger partial charge in [-0.2, -0.15) is 5.26 Å². The first-order valence-corrected chi connectivity index (χ1v) is 5.82. The van der Waals surface area contributed by atoms with Gasteiger partial charge >= 0.3 is 0 Å². The van der Waals surface area contributed by atoms with Crippen LogP contribution in [0.4, 0.5) is 17.3 Å². The molecule has 0 saturated carbocycles. The Kier molecular flexibility index (Phi) is 3.53.